The smallest absolute Gasteiger partial charge is 0.271 e. The summed E-state index contributed by atoms with van der Waals surface area (Å²) in [7, 11) is 0. The van der Waals surface area contributed by atoms with Crippen molar-refractivity contribution in [2.45, 2.75) is 13.5 Å². The zero-order valence-corrected chi connectivity index (χ0v) is 9.62. The normalized spacial score (nSPS) is 14.4. The van der Waals surface area contributed by atoms with Gasteiger partial charge >= 0.3 is 0 Å². The maximum atomic E-state index is 11.4. The van der Waals surface area contributed by atoms with Crippen LogP contribution in [0, 0.1) is 17.0 Å². The van der Waals surface area contributed by atoms with Crippen LogP contribution in [0.3, 0.4) is 0 Å². The summed E-state index contributed by atoms with van der Waals surface area (Å²) < 4.78 is 0. The number of benzene rings is 1. The van der Waals surface area contributed by atoms with Crippen LogP contribution in [0.4, 0.5) is 5.69 Å². The third-order valence-corrected chi connectivity index (χ3v) is 2.71. The van der Waals surface area contributed by atoms with Crippen LogP contribution in [-0.4, -0.2) is 21.6 Å². The minimum Gasteiger partial charge on any atom is -0.271 e. The van der Waals surface area contributed by atoms with Gasteiger partial charge in [-0.2, -0.15) is 0 Å². The molecular weight excluding hydrogens is 236 g/mol. The predicted octanol–water partition coefficient (Wildman–Crippen LogP) is 1.33. The van der Waals surface area contributed by atoms with Gasteiger partial charge in [0.25, 0.3) is 17.5 Å². The van der Waals surface area contributed by atoms with Gasteiger partial charge in [0.15, 0.2) is 0 Å². The third-order valence-electron chi connectivity index (χ3n) is 2.71. The van der Waals surface area contributed by atoms with E-state index >= 15 is 0 Å². The molecule has 0 N–H and O–H groups in total. The van der Waals surface area contributed by atoms with Crippen molar-refractivity contribution in [2.75, 3.05) is 0 Å². The van der Waals surface area contributed by atoms with E-state index in [0.29, 0.717) is 11.1 Å². The van der Waals surface area contributed by atoms with E-state index in [4.69, 9.17) is 0 Å². The van der Waals surface area contributed by atoms with Crippen LogP contribution in [0.25, 0.3) is 0 Å². The van der Waals surface area contributed by atoms with Gasteiger partial charge in [-0.1, -0.05) is 12.1 Å². The number of carbonyl (C=O) groups is 2. The highest BCUT2D eigenvalue weighted by Gasteiger charge is 2.24. The Morgan fingerprint density at radius 2 is 1.83 bits per heavy atom. The van der Waals surface area contributed by atoms with Crippen molar-refractivity contribution in [2.24, 2.45) is 0 Å². The highest BCUT2D eigenvalue weighted by atomic mass is 16.6. The van der Waals surface area contributed by atoms with Crippen LogP contribution in [-0.2, 0) is 16.1 Å². The molecule has 92 valence electrons. The van der Waals surface area contributed by atoms with Crippen LogP contribution >= 0.6 is 0 Å². The summed E-state index contributed by atoms with van der Waals surface area (Å²) in [5.74, 6) is -0.800. The number of amides is 2. The molecule has 1 aliphatic rings. The Balaban J connectivity index is 2.25. The molecular formula is C12H10N2O4. The van der Waals surface area contributed by atoms with E-state index in [1.165, 1.54) is 18.2 Å². The summed E-state index contributed by atoms with van der Waals surface area (Å²) in [6.07, 6.45) is 2.37. The van der Waals surface area contributed by atoms with Crippen molar-refractivity contribution in [3.05, 3.63) is 51.6 Å². The summed E-state index contributed by atoms with van der Waals surface area (Å²) in [4.78, 5) is 34.1. The number of imide groups is 1. The average Bonchev–Trinajstić information content (AvgIpc) is 2.63. The Kier molecular flexibility index (Phi) is 2.93. The van der Waals surface area contributed by atoms with E-state index < -0.39 is 16.7 Å². The third kappa shape index (κ3) is 2.13. The van der Waals surface area contributed by atoms with Crippen molar-refractivity contribution in [1.29, 1.82) is 0 Å². The largest absolute Gasteiger partial charge is 0.272 e. The molecule has 6 heteroatoms. The van der Waals surface area contributed by atoms with E-state index in [1.807, 2.05) is 0 Å². The number of nitro groups is 1. The van der Waals surface area contributed by atoms with E-state index in [-0.39, 0.29) is 12.2 Å². The molecule has 18 heavy (non-hydrogen) atoms. The predicted molar refractivity (Wildman–Crippen MR) is 62.5 cm³/mol. The second kappa shape index (κ2) is 4.40. The number of hydrogen-bond donors (Lipinski definition) is 0. The molecule has 0 saturated heterocycles. The summed E-state index contributed by atoms with van der Waals surface area (Å²) in [5, 5.41) is 10.8. The molecule has 0 spiro atoms. The molecule has 0 aromatic heterocycles. The lowest BCUT2D eigenvalue weighted by Crippen LogP contribution is -2.29. The Morgan fingerprint density at radius 1 is 1.22 bits per heavy atom. The quantitative estimate of drug-likeness (QED) is 0.457. The molecule has 0 aliphatic carbocycles. The summed E-state index contributed by atoms with van der Waals surface area (Å²) in [6.45, 7) is 1.68. The van der Waals surface area contributed by atoms with E-state index in [9.17, 15) is 19.7 Å². The van der Waals surface area contributed by atoms with Crippen LogP contribution in [0.15, 0.2) is 30.4 Å². The Hall–Kier alpha value is -2.50. The molecule has 2 amide bonds. The number of carbonyl (C=O) groups excluding carboxylic acids is 2. The molecule has 2 rings (SSSR count). The van der Waals surface area contributed by atoms with Crippen molar-refractivity contribution < 1.29 is 14.5 Å². The minimum atomic E-state index is -0.481. The van der Waals surface area contributed by atoms with Gasteiger partial charge in [0.05, 0.1) is 11.5 Å². The van der Waals surface area contributed by atoms with Crippen molar-refractivity contribution >= 4 is 17.5 Å². The van der Waals surface area contributed by atoms with Gasteiger partial charge in [-0.15, -0.1) is 0 Å². The fourth-order valence-corrected chi connectivity index (χ4v) is 1.72. The van der Waals surface area contributed by atoms with Crippen LogP contribution < -0.4 is 0 Å². The molecule has 1 aliphatic heterocycles. The fraction of sp³-hybridized carbons (Fsp3) is 0.167. The standard InChI is InChI=1S/C12H10N2O4/c1-8-2-3-9(6-10(8)14(17)18)7-13-11(15)4-5-12(13)16/h2-6H,7H2,1H3. The number of rotatable bonds is 3. The van der Waals surface area contributed by atoms with E-state index in [1.54, 1.807) is 19.1 Å². The molecule has 0 atom stereocenters. The summed E-state index contributed by atoms with van der Waals surface area (Å²) >= 11 is 0. The first-order valence-electron chi connectivity index (χ1n) is 5.26. The first-order valence-corrected chi connectivity index (χ1v) is 5.26. The molecule has 1 aromatic rings. The van der Waals surface area contributed by atoms with Gasteiger partial charge in [-0.3, -0.25) is 24.6 Å². The van der Waals surface area contributed by atoms with Gasteiger partial charge in [-0.25, -0.2) is 0 Å². The van der Waals surface area contributed by atoms with Gasteiger partial charge < -0.3 is 0 Å². The molecule has 0 radical (unpaired) electrons. The maximum absolute atomic E-state index is 11.4. The molecule has 6 nitrogen and oxygen atoms in total. The number of nitrogens with zero attached hydrogens (tertiary/aromatic N) is 2. The molecule has 0 fully saturated rings. The zero-order chi connectivity index (χ0) is 13.3. The van der Waals surface area contributed by atoms with Gasteiger partial charge in [0, 0.05) is 23.8 Å². The first kappa shape index (κ1) is 12.0. The Labute approximate surface area is 103 Å². The average molecular weight is 246 g/mol. The van der Waals surface area contributed by atoms with Crippen LogP contribution in [0.1, 0.15) is 11.1 Å². The van der Waals surface area contributed by atoms with Crippen molar-refractivity contribution in [3.63, 3.8) is 0 Å². The highest BCUT2D eigenvalue weighted by Crippen LogP contribution is 2.21. The Bertz CT molecular complexity index is 559. The first-order chi connectivity index (χ1) is 8.49. The van der Waals surface area contributed by atoms with E-state index in [0.717, 1.165) is 4.90 Å². The second-order valence-corrected chi connectivity index (χ2v) is 3.97. The lowest BCUT2D eigenvalue weighted by molar-refractivity contribution is -0.385. The lowest BCUT2D eigenvalue weighted by atomic mass is 10.1. The molecule has 1 aromatic carbocycles. The minimum absolute atomic E-state index is 0.0143. The van der Waals surface area contributed by atoms with Crippen molar-refractivity contribution in [1.82, 2.24) is 4.90 Å². The zero-order valence-electron chi connectivity index (χ0n) is 9.62. The topological polar surface area (TPSA) is 80.5 Å². The summed E-state index contributed by atoms with van der Waals surface area (Å²) in [5.41, 5.74) is 1.08. The molecule has 0 saturated carbocycles. The van der Waals surface area contributed by atoms with Gasteiger partial charge in [-0.05, 0) is 12.5 Å². The highest BCUT2D eigenvalue weighted by molar-refractivity contribution is 6.12. The number of nitro benzene ring substituents is 1. The Morgan fingerprint density at radius 3 is 2.39 bits per heavy atom. The molecule has 1 heterocycles. The van der Waals surface area contributed by atoms with Gasteiger partial charge in [0.1, 0.15) is 0 Å². The van der Waals surface area contributed by atoms with Gasteiger partial charge in [0.2, 0.25) is 0 Å². The van der Waals surface area contributed by atoms with Crippen LogP contribution in [0.5, 0.6) is 0 Å². The molecule has 0 bridgehead atoms. The van der Waals surface area contributed by atoms with E-state index in [2.05, 4.69) is 0 Å². The summed E-state index contributed by atoms with van der Waals surface area (Å²) in [6, 6.07) is 4.65. The SMILES string of the molecule is Cc1ccc(CN2C(=O)C=CC2=O)cc1[N+](=O)[O-]. The molecule has 0 unspecified atom stereocenters. The monoisotopic (exact) mass is 246 g/mol. The van der Waals surface area contributed by atoms with Crippen LogP contribution in [0.2, 0.25) is 0 Å². The maximum Gasteiger partial charge on any atom is 0.272 e. The fourth-order valence-electron chi connectivity index (χ4n) is 1.72. The van der Waals surface area contributed by atoms with Crippen molar-refractivity contribution in [3.8, 4) is 0 Å². The lowest BCUT2D eigenvalue weighted by Gasteiger charge is -2.13. The second-order valence-electron chi connectivity index (χ2n) is 3.97. The number of aryl methyl sites for hydroxylation is 1. The number of hydrogen-bond acceptors (Lipinski definition) is 4.